The summed E-state index contributed by atoms with van der Waals surface area (Å²) < 4.78 is 5.31. The van der Waals surface area contributed by atoms with Gasteiger partial charge in [0.05, 0.1) is 0 Å². The summed E-state index contributed by atoms with van der Waals surface area (Å²) in [6, 6.07) is 0.348. The van der Waals surface area contributed by atoms with Crippen molar-refractivity contribution in [3.63, 3.8) is 0 Å². The van der Waals surface area contributed by atoms with E-state index in [0.29, 0.717) is 24.3 Å². The van der Waals surface area contributed by atoms with Crippen LogP contribution in [0.3, 0.4) is 0 Å². The summed E-state index contributed by atoms with van der Waals surface area (Å²) in [7, 11) is 0. The van der Waals surface area contributed by atoms with Gasteiger partial charge in [0.1, 0.15) is 0 Å². The van der Waals surface area contributed by atoms with Crippen molar-refractivity contribution in [2.45, 2.75) is 32.2 Å². The van der Waals surface area contributed by atoms with E-state index >= 15 is 0 Å². The quantitative estimate of drug-likeness (QED) is 0.809. The lowest BCUT2D eigenvalue weighted by Crippen LogP contribution is -2.52. The average molecular weight is 263 g/mol. The molecule has 100 valence electrons. The molecule has 2 aliphatic heterocycles. The molecule has 0 aromatic carbocycles. The second kappa shape index (κ2) is 7.19. The van der Waals surface area contributed by atoms with Gasteiger partial charge in [-0.1, -0.05) is 0 Å². The molecule has 2 rings (SSSR count). The fourth-order valence-electron chi connectivity index (χ4n) is 2.53. The molecule has 0 unspecified atom stereocenters. The van der Waals surface area contributed by atoms with Gasteiger partial charge in [0.15, 0.2) is 0 Å². The number of rotatable bonds is 2. The Balaban J connectivity index is 0.00000144. The summed E-state index contributed by atoms with van der Waals surface area (Å²) in [5, 5.41) is 3.31. The van der Waals surface area contributed by atoms with Crippen molar-refractivity contribution in [2.75, 3.05) is 32.8 Å². The van der Waals surface area contributed by atoms with Crippen LogP contribution in [0.2, 0.25) is 0 Å². The lowest BCUT2D eigenvalue weighted by Gasteiger charge is -2.35. The van der Waals surface area contributed by atoms with Crippen molar-refractivity contribution in [2.24, 2.45) is 5.92 Å². The van der Waals surface area contributed by atoms with Gasteiger partial charge < -0.3 is 15.0 Å². The summed E-state index contributed by atoms with van der Waals surface area (Å²) in [5.74, 6) is 0.879. The number of hydrogen-bond donors (Lipinski definition) is 1. The molecule has 1 amide bonds. The van der Waals surface area contributed by atoms with Gasteiger partial charge in [-0.2, -0.15) is 0 Å². The van der Waals surface area contributed by atoms with E-state index < -0.39 is 0 Å². The van der Waals surface area contributed by atoms with E-state index in [4.69, 9.17) is 4.74 Å². The van der Waals surface area contributed by atoms with E-state index in [1.54, 1.807) is 0 Å². The molecule has 0 spiro atoms. The SMILES string of the molecule is C[C@@H]1CNCCN1C(=O)CC1CCOCC1.Cl. The van der Waals surface area contributed by atoms with Gasteiger partial charge >= 0.3 is 0 Å². The summed E-state index contributed by atoms with van der Waals surface area (Å²) in [6.45, 7) is 6.50. The van der Waals surface area contributed by atoms with Crippen molar-refractivity contribution in [1.29, 1.82) is 0 Å². The van der Waals surface area contributed by atoms with Gasteiger partial charge in [-0.15, -0.1) is 12.4 Å². The molecule has 5 heteroatoms. The second-order valence-corrected chi connectivity index (χ2v) is 4.90. The highest BCUT2D eigenvalue weighted by atomic mass is 35.5. The van der Waals surface area contributed by atoms with Crippen molar-refractivity contribution >= 4 is 18.3 Å². The third kappa shape index (κ3) is 4.12. The molecular weight excluding hydrogens is 240 g/mol. The number of carbonyl (C=O) groups is 1. The van der Waals surface area contributed by atoms with Gasteiger partial charge in [0, 0.05) is 45.3 Å². The fraction of sp³-hybridized carbons (Fsp3) is 0.917. The van der Waals surface area contributed by atoms with Crippen LogP contribution in [0, 0.1) is 5.92 Å². The third-order valence-electron chi connectivity index (χ3n) is 3.63. The van der Waals surface area contributed by atoms with Gasteiger partial charge in [0.2, 0.25) is 5.91 Å². The normalized spacial score (nSPS) is 26.4. The molecule has 2 aliphatic rings. The molecular formula is C12H23ClN2O2. The third-order valence-corrected chi connectivity index (χ3v) is 3.63. The lowest BCUT2D eigenvalue weighted by molar-refractivity contribution is -0.135. The molecule has 17 heavy (non-hydrogen) atoms. The van der Waals surface area contributed by atoms with Crippen LogP contribution < -0.4 is 5.32 Å². The van der Waals surface area contributed by atoms with Crippen molar-refractivity contribution < 1.29 is 9.53 Å². The summed E-state index contributed by atoms with van der Waals surface area (Å²) in [5.41, 5.74) is 0. The molecule has 0 bridgehead atoms. The zero-order valence-corrected chi connectivity index (χ0v) is 11.3. The summed E-state index contributed by atoms with van der Waals surface area (Å²) in [4.78, 5) is 14.2. The van der Waals surface area contributed by atoms with Crippen LogP contribution in [0.1, 0.15) is 26.2 Å². The highest BCUT2D eigenvalue weighted by Gasteiger charge is 2.25. The first-order valence-corrected chi connectivity index (χ1v) is 6.35. The Morgan fingerprint density at radius 1 is 1.41 bits per heavy atom. The number of piperazine rings is 1. The van der Waals surface area contributed by atoms with E-state index in [1.165, 1.54) is 0 Å². The monoisotopic (exact) mass is 262 g/mol. The van der Waals surface area contributed by atoms with E-state index in [1.807, 2.05) is 4.90 Å². The van der Waals surface area contributed by atoms with E-state index in [9.17, 15) is 4.79 Å². The number of hydrogen-bond acceptors (Lipinski definition) is 3. The van der Waals surface area contributed by atoms with Gasteiger partial charge in [-0.05, 0) is 25.7 Å². The molecule has 4 nitrogen and oxygen atoms in total. The Bertz CT molecular complexity index is 245. The number of nitrogens with zero attached hydrogens (tertiary/aromatic N) is 1. The number of carbonyl (C=O) groups excluding carboxylic acids is 1. The highest BCUT2D eigenvalue weighted by molar-refractivity contribution is 5.85. The molecule has 0 saturated carbocycles. The molecule has 2 saturated heterocycles. The minimum atomic E-state index is 0. The Kier molecular flexibility index (Phi) is 6.23. The number of nitrogens with one attached hydrogen (secondary N) is 1. The van der Waals surface area contributed by atoms with Crippen molar-refractivity contribution in [1.82, 2.24) is 10.2 Å². The van der Waals surface area contributed by atoms with Crippen molar-refractivity contribution in [3.8, 4) is 0 Å². The van der Waals surface area contributed by atoms with Crippen LogP contribution in [-0.4, -0.2) is 49.7 Å². The minimum Gasteiger partial charge on any atom is -0.381 e. The zero-order valence-electron chi connectivity index (χ0n) is 10.5. The first-order valence-electron chi connectivity index (χ1n) is 6.35. The number of amides is 1. The number of ether oxygens (including phenoxy) is 1. The maximum Gasteiger partial charge on any atom is 0.223 e. The summed E-state index contributed by atoms with van der Waals surface area (Å²) in [6.07, 6.45) is 2.81. The molecule has 1 N–H and O–H groups in total. The highest BCUT2D eigenvalue weighted by Crippen LogP contribution is 2.20. The molecule has 0 radical (unpaired) electrons. The fourth-order valence-corrected chi connectivity index (χ4v) is 2.53. The predicted octanol–water partition coefficient (Wildman–Crippen LogP) is 1.05. The molecule has 0 aromatic heterocycles. The Morgan fingerprint density at radius 3 is 2.76 bits per heavy atom. The molecule has 2 fully saturated rings. The van der Waals surface area contributed by atoms with Crippen LogP contribution >= 0.6 is 12.4 Å². The second-order valence-electron chi connectivity index (χ2n) is 4.90. The standard InChI is InChI=1S/C12H22N2O2.ClH/c1-10-9-13-4-5-14(10)12(15)8-11-2-6-16-7-3-11;/h10-11,13H,2-9H2,1H3;1H/t10-;/m1./s1. The topological polar surface area (TPSA) is 41.6 Å². The predicted molar refractivity (Wildman–Crippen MR) is 69.5 cm³/mol. The van der Waals surface area contributed by atoms with Crippen LogP contribution in [-0.2, 0) is 9.53 Å². The Morgan fingerprint density at radius 2 is 2.12 bits per heavy atom. The molecule has 0 aromatic rings. The maximum absolute atomic E-state index is 12.1. The average Bonchev–Trinajstić information content (AvgIpc) is 2.31. The van der Waals surface area contributed by atoms with E-state index in [2.05, 4.69) is 12.2 Å². The first kappa shape index (κ1) is 14.7. The first-order chi connectivity index (χ1) is 7.77. The largest absolute Gasteiger partial charge is 0.381 e. The number of halogens is 1. The molecule has 1 atom stereocenters. The van der Waals surface area contributed by atoms with Crippen LogP contribution in [0.5, 0.6) is 0 Å². The van der Waals surface area contributed by atoms with Crippen LogP contribution in [0.25, 0.3) is 0 Å². The zero-order chi connectivity index (χ0) is 11.4. The molecule has 0 aliphatic carbocycles. The van der Waals surface area contributed by atoms with E-state index in [0.717, 1.165) is 45.7 Å². The molecule has 2 heterocycles. The van der Waals surface area contributed by atoms with Gasteiger partial charge in [-0.3, -0.25) is 4.79 Å². The van der Waals surface area contributed by atoms with Crippen LogP contribution in [0.15, 0.2) is 0 Å². The van der Waals surface area contributed by atoms with E-state index in [-0.39, 0.29) is 12.4 Å². The minimum absolute atomic E-state index is 0. The van der Waals surface area contributed by atoms with Gasteiger partial charge in [-0.25, -0.2) is 0 Å². The van der Waals surface area contributed by atoms with Gasteiger partial charge in [0.25, 0.3) is 0 Å². The Labute approximate surface area is 109 Å². The lowest BCUT2D eigenvalue weighted by atomic mass is 9.95. The Hall–Kier alpha value is -0.320. The smallest absolute Gasteiger partial charge is 0.223 e. The van der Waals surface area contributed by atoms with Crippen LogP contribution in [0.4, 0.5) is 0 Å². The van der Waals surface area contributed by atoms with Crippen molar-refractivity contribution in [3.05, 3.63) is 0 Å². The maximum atomic E-state index is 12.1. The summed E-state index contributed by atoms with van der Waals surface area (Å²) >= 11 is 0.